The molecule has 24 heavy (non-hydrogen) atoms. The molecule has 0 atom stereocenters. The molecule has 7 nitrogen and oxygen atoms in total. The third-order valence-corrected chi connectivity index (χ3v) is 4.99. The standard InChI is InChI=1S/C14H15F2N5O2S/c1-3-20-11-7-5-4-6-10(11)17-14(20)19-24(22,23)12-8-21(13(15)16)18-9(12)2/h4-8,13H,3H2,1-2H3,(H,17,19). The zero-order chi connectivity index (χ0) is 17.5. The number of benzene rings is 1. The molecule has 0 saturated carbocycles. The molecule has 128 valence electrons. The number of fused-ring (bicyclic) bond motifs is 1. The number of rotatable bonds is 5. The number of imidazole rings is 1. The summed E-state index contributed by atoms with van der Waals surface area (Å²) >= 11 is 0. The zero-order valence-electron chi connectivity index (χ0n) is 12.9. The van der Waals surface area contributed by atoms with Crippen LogP contribution in [0.25, 0.3) is 11.0 Å². The summed E-state index contributed by atoms with van der Waals surface area (Å²) < 4.78 is 54.9. The Morgan fingerprint density at radius 3 is 2.62 bits per heavy atom. The molecule has 0 saturated heterocycles. The average molecular weight is 355 g/mol. The smallest absolute Gasteiger partial charge is 0.310 e. The molecule has 0 unspecified atom stereocenters. The topological polar surface area (TPSA) is 81.8 Å². The first-order valence-electron chi connectivity index (χ1n) is 7.15. The van der Waals surface area contributed by atoms with Gasteiger partial charge in [0.2, 0.25) is 5.95 Å². The van der Waals surface area contributed by atoms with Gasteiger partial charge in [-0.3, -0.25) is 0 Å². The lowest BCUT2D eigenvalue weighted by molar-refractivity contribution is 0.0561. The van der Waals surface area contributed by atoms with Crippen molar-refractivity contribution in [3.8, 4) is 0 Å². The van der Waals surface area contributed by atoms with E-state index < -0.39 is 16.6 Å². The Balaban J connectivity index is 2.04. The predicted molar refractivity (Wildman–Crippen MR) is 84.4 cm³/mol. The summed E-state index contributed by atoms with van der Waals surface area (Å²) in [4.78, 5) is 3.96. The van der Waals surface area contributed by atoms with Crippen molar-refractivity contribution in [1.29, 1.82) is 0 Å². The highest BCUT2D eigenvalue weighted by Gasteiger charge is 2.24. The maximum Gasteiger partial charge on any atom is 0.333 e. The Morgan fingerprint density at radius 2 is 2.00 bits per heavy atom. The van der Waals surface area contributed by atoms with Gasteiger partial charge in [0.1, 0.15) is 4.90 Å². The van der Waals surface area contributed by atoms with E-state index in [1.54, 1.807) is 16.7 Å². The molecule has 2 heterocycles. The van der Waals surface area contributed by atoms with Crippen LogP contribution in [0.2, 0.25) is 0 Å². The molecule has 0 spiro atoms. The fourth-order valence-electron chi connectivity index (χ4n) is 2.48. The second kappa shape index (κ2) is 5.86. The van der Waals surface area contributed by atoms with E-state index in [-0.39, 0.29) is 16.5 Å². The first-order valence-corrected chi connectivity index (χ1v) is 8.63. The Morgan fingerprint density at radius 1 is 1.29 bits per heavy atom. The van der Waals surface area contributed by atoms with Gasteiger partial charge in [-0.15, -0.1) is 0 Å². The Hall–Kier alpha value is -2.49. The van der Waals surface area contributed by atoms with Crippen molar-refractivity contribution >= 4 is 27.0 Å². The number of hydrogen-bond donors (Lipinski definition) is 1. The van der Waals surface area contributed by atoms with Gasteiger partial charge >= 0.3 is 6.55 Å². The largest absolute Gasteiger partial charge is 0.333 e. The van der Waals surface area contributed by atoms with Crippen LogP contribution < -0.4 is 4.72 Å². The van der Waals surface area contributed by atoms with Gasteiger partial charge in [0.25, 0.3) is 10.0 Å². The van der Waals surface area contributed by atoms with E-state index in [1.165, 1.54) is 6.92 Å². The number of nitrogens with one attached hydrogen (secondary N) is 1. The molecule has 3 aromatic rings. The fourth-order valence-corrected chi connectivity index (χ4v) is 3.66. The molecule has 2 aromatic heterocycles. The van der Waals surface area contributed by atoms with Crippen LogP contribution in [0.15, 0.2) is 35.4 Å². The third-order valence-electron chi connectivity index (χ3n) is 3.56. The van der Waals surface area contributed by atoms with Crippen molar-refractivity contribution in [2.24, 2.45) is 0 Å². The second-order valence-electron chi connectivity index (χ2n) is 5.11. The lowest BCUT2D eigenvalue weighted by Crippen LogP contribution is -2.17. The summed E-state index contributed by atoms with van der Waals surface area (Å²) in [6, 6.07) is 7.21. The van der Waals surface area contributed by atoms with E-state index in [0.29, 0.717) is 16.7 Å². The first kappa shape index (κ1) is 16.4. The summed E-state index contributed by atoms with van der Waals surface area (Å²) in [6.07, 6.45) is 0.807. The van der Waals surface area contributed by atoms with Crippen LogP contribution in [0.1, 0.15) is 19.2 Å². The predicted octanol–water partition coefficient (Wildman–Crippen LogP) is 2.76. The molecule has 0 aliphatic carbocycles. The summed E-state index contributed by atoms with van der Waals surface area (Å²) in [6.45, 7) is 0.795. The molecular formula is C14H15F2N5O2S. The van der Waals surface area contributed by atoms with Crippen molar-refractivity contribution in [1.82, 2.24) is 19.3 Å². The van der Waals surface area contributed by atoms with Gasteiger partial charge in [0, 0.05) is 6.54 Å². The van der Waals surface area contributed by atoms with Crippen LogP contribution in [0, 0.1) is 6.92 Å². The van der Waals surface area contributed by atoms with Gasteiger partial charge in [-0.2, -0.15) is 13.9 Å². The highest BCUT2D eigenvalue weighted by atomic mass is 32.2. The van der Waals surface area contributed by atoms with Gasteiger partial charge in [-0.1, -0.05) is 12.1 Å². The molecule has 3 rings (SSSR count). The molecule has 0 aliphatic heterocycles. The van der Waals surface area contributed by atoms with E-state index in [2.05, 4.69) is 14.8 Å². The van der Waals surface area contributed by atoms with Gasteiger partial charge < -0.3 is 4.57 Å². The number of aryl methyl sites for hydroxylation is 2. The van der Waals surface area contributed by atoms with Crippen molar-refractivity contribution < 1.29 is 17.2 Å². The summed E-state index contributed by atoms with van der Waals surface area (Å²) in [5, 5.41) is 3.52. The fraction of sp³-hybridized carbons (Fsp3) is 0.286. The highest BCUT2D eigenvalue weighted by Crippen LogP contribution is 2.24. The number of halogens is 2. The number of aromatic nitrogens is 4. The van der Waals surface area contributed by atoms with Crippen LogP contribution in [0.5, 0.6) is 0 Å². The number of sulfonamides is 1. The molecule has 1 aromatic carbocycles. The lowest BCUT2D eigenvalue weighted by atomic mass is 10.3. The van der Waals surface area contributed by atoms with Crippen LogP contribution >= 0.6 is 0 Å². The van der Waals surface area contributed by atoms with E-state index in [9.17, 15) is 17.2 Å². The molecular weight excluding hydrogens is 340 g/mol. The van der Waals surface area contributed by atoms with Crippen molar-refractivity contribution in [2.75, 3.05) is 4.72 Å². The third kappa shape index (κ3) is 2.73. The summed E-state index contributed by atoms with van der Waals surface area (Å²) in [5.41, 5.74) is 1.40. The van der Waals surface area contributed by atoms with E-state index in [0.717, 1.165) is 11.7 Å². The van der Waals surface area contributed by atoms with Gasteiger partial charge in [-0.25, -0.2) is 22.8 Å². The number of para-hydroxylation sites is 2. The second-order valence-corrected chi connectivity index (χ2v) is 6.76. The molecule has 1 N–H and O–H groups in total. The zero-order valence-corrected chi connectivity index (χ0v) is 13.8. The van der Waals surface area contributed by atoms with Gasteiger partial charge in [0.15, 0.2) is 0 Å². The molecule has 0 aliphatic rings. The first-order chi connectivity index (χ1) is 11.3. The minimum absolute atomic E-state index is 0.0121. The maximum atomic E-state index is 12.7. The van der Waals surface area contributed by atoms with Crippen molar-refractivity contribution in [3.05, 3.63) is 36.2 Å². The number of nitrogens with zero attached hydrogens (tertiary/aromatic N) is 4. The monoisotopic (exact) mass is 355 g/mol. The van der Waals surface area contributed by atoms with Crippen LogP contribution in [-0.4, -0.2) is 27.7 Å². The Bertz CT molecular complexity index is 994. The SMILES string of the molecule is CCn1c(NS(=O)(=O)c2cn(C(F)F)nc2C)nc2ccccc21. The van der Waals surface area contributed by atoms with Crippen molar-refractivity contribution in [2.45, 2.75) is 31.8 Å². The molecule has 10 heteroatoms. The van der Waals surface area contributed by atoms with Gasteiger partial charge in [0.05, 0.1) is 22.9 Å². The van der Waals surface area contributed by atoms with E-state index in [4.69, 9.17) is 0 Å². The molecule has 0 amide bonds. The average Bonchev–Trinajstić information content (AvgIpc) is 3.07. The lowest BCUT2D eigenvalue weighted by Gasteiger charge is -2.08. The van der Waals surface area contributed by atoms with Crippen LogP contribution in [0.3, 0.4) is 0 Å². The molecule has 0 fully saturated rings. The van der Waals surface area contributed by atoms with E-state index in [1.807, 2.05) is 19.1 Å². The minimum Gasteiger partial charge on any atom is -0.310 e. The Labute approximate surface area is 137 Å². The van der Waals surface area contributed by atoms with Gasteiger partial charge in [-0.05, 0) is 26.0 Å². The molecule has 0 radical (unpaired) electrons. The van der Waals surface area contributed by atoms with Crippen LogP contribution in [0.4, 0.5) is 14.7 Å². The maximum absolute atomic E-state index is 12.7. The normalized spacial score (nSPS) is 12.2. The number of hydrogen-bond acceptors (Lipinski definition) is 4. The van der Waals surface area contributed by atoms with E-state index >= 15 is 0 Å². The number of alkyl halides is 2. The van der Waals surface area contributed by atoms with Crippen molar-refractivity contribution in [3.63, 3.8) is 0 Å². The number of anilines is 1. The minimum atomic E-state index is -4.09. The summed E-state index contributed by atoms with van der Waals surface area (Å²) in [7, 11) is -4.09. The van der Waals surface area contributed by atoms with Crippen LogP contribution in [-0.2, 0) is 16.6 Å². The highest BCUT2D eigenvalue weighted by molar-refractivity contribution is 7.92. The summed E-state index contributed by atoms with van der Waals surface area (Å²) in [5.74, 6) is 0.128. The quantitative estimate of drug-likeness (QED) is 0.763. The Kier molecular flexibility index (Phi) is 3.99. The molecule has 0 bridgehead atoms.